The number of hydrogen-bond acceptors (Lipinski definition) is 5. The third-order valence-electron chi connectivity index (χ3n) is 2.75. The van der Waals surface area contributed by atoms with Crippen LogP contribution in [-0.4, -0.2) is 69.1 Å². The monoisotopic (exact) mass is 260 g/mol. The molecule has 1 fully saturated rings. The molecule has 0 aliphatic carbocycles. The van der Waals surface area contributed by atoms with Crippen LogP contribution in [0.3, 0.4) is 0 Å². The van der Waals surface area contributed by atoms with Gasteiger partial charge >= 0.3 is 0 Å². The molecular formula is C12H24N2O4. The molecular weight excluding hydrogens is 236 g/mol. The highest BCUT2D eigenvalue weighted by molar-refractivity contribution is 5.77. The Labute approximate surface area is 108 Å². The fourth-order valence-electron chi connectivity index (χ4n) is 2.00. The number of nitrogens with two attached hydrogens (primary N) is 1. The Morgan fingerprint density at radius 1 is 1.50 bits per heavy atom. The molecule has 1 atom stereocenters. The van der Waals surface area contributed by atoms with Gasteiger partial charge in [-0.1, -0.05) is 0 Å². The molecule has 0 spiro atoms. The maximum atomic E-state index is 12.0. The minimum Gasteiger partial charge on any atom is -0.382 e. The molecule has 0 aromatic rings. The summed E-state index contributed by atoms with van der Waals surface area (Å²) in [5.74, 6) is -0.0269. The zero-order chi connectivity index (χ0) is 13.6. The minimum atomic E-state index is -0.357. The maximum absolute atomic E-state index is 12.0. The molecule has 1 amide bonds. The highest BCUT2D eigenvalue weighted by Crippen LogP contribution is 2.20. The van der Waals surface area contributed by atoms with E-state index in [0.29, 0.717) is 32.8 Å². The Bertz CT molecular complexity index is 271. The lowest BCUT2D eigenvalue weighted by atomic mass is 10.1. The summed E-state index contributed by atoms with van der Waals surface area (Å²) in [5, 5.41) is 0. The van der Waals surface area contributed by atoms with E-state index < -0.39 is 0 Å². The number of ether oxygens (including phenoxy) is 3. The van der Waals surface area contributed by atoms with Crippen LogP contribution in [0.15, 0.2) is 0 Å². The number of morpholine rings is 1. The number of carbonyl (C=O) groups excluding carboxylic acids is 1. The van der Waals surface area contributed by atoms with Crippen LogP contribution in [0.1, 0.15) is 13.8 Å². The largest absolute Gasteiger partial charge is 0.382 e. The molecule has 1 aliphatic rings. The van der Waals surface area contributed by atoms with Crippen molar-refractivity contribution in [1.82, 2.24) is 4.90 Å². The van der Waals surface area contributed by atoms with Gasteiger partial charge < -0.3 is 24.8 Å². The first-order valence-corrected chi connectivity index (χ1v) is 6.21. The number of hydrogen-bond donors (Lipinski definition) is 1. The van der Waals surface area contributed by atoms with Crippen LogP contribution in [-0.2, 0) is 19.0 Å². The van der Waals surface area contributed by atoms with Crippen molar-refractivity contribution in [2.75, 3.05) is 46.6 Å². The van der Waals surface area contributed by atoms with Crippen LogP contribution in [0.25, 0.3) is 0 Å². The van der Waals surface area contributed by atoms with Gasteiger partial charge in [-0.15, -0.1) is 0 Å². The van der Waals surface area contributed by atoms with E-state index in [-0.39, 0.29) is 24.2 Å². The van der Waals surface area contributed by atoms with Gasteiger partial charge in [0.15, 0.2) is 0 Å². The van der Waals surface area contributed by atoms with Gasteiger partial charge in [0.1, 0.15) is 6.61 Å². The highest BCUT2D eigenvalue weighted by Gasteiger charge is 2.34. The smallest absolute Gasteiger partial charge is 0.248 e. The lowest BCUT2D eigenvalue weighted by molar-refractivity contribution is -0.163. The number of methoxy groups -OCH3 is 1. The SMILES string of the molecule is COCCOCC(=O)N1CC(CN)OC(C)(C)C1. The van der Waals surface area contributed by atoms with Crippen LogP contribution >= 0.6 is 0 Å². The zero-order valence-corrected chi connectivity index (χ0v) is 11.5. The summed E-state index contributed by atoms with van der Waals surface area (Å²) < 4.78 is 15.9. The van der Waals surface area contributed by atoms with Gasteiger partial charge in [-0.25, -0.2) is 0 Å². The van der Waals surface area contributed by atoms with Gasteiger partial charge in [0.25, 0.3) is 0 Å². The van der Waals surface area contributed by atoms with Crippen LogP contribution in [0.4, 0.5) is 0 Å². The minimum absolute atomic E-state index is 0.0269. The van der Waals surface area contributed by atoms with E-state index in [1.807, 2.05) is 13.8 Å². The average Bonchev–Trinajstić information content (AvgIpc) is 2.32. The fraction of sp³-hybridized carbons (Fsp3) is 0.917. The number of amides is 1. The molecule has 0 aromatic carbocycles. The van der Waals surface area contributed by atoms with E-state index >= 15 is 0 Å². The molecule has 1 rings (SSSR count). The van der Waals surface area contributed by atoms with Crippen molar-refractivity contribution in [1.29, 1.82) is 0 Å². The lowest BCUT2D eigenvalue weighted by Gasteiger charge is -2.42. The van der Waals surface area contributed by atoms with Crippen LogP contribution in [0.5, 0.6) is 0 Å². The van der Waals surface area contributed by atoms with Gasteiger partial charge in [0, 0.05) is 26.7 Å². The molecule has 106 valence electrons. The molecule has 0 radical (unpaired) electrons. The van der Waals surface area contributed by atoms with E-state index in [1.165, 1.54) is 0 Å². The van der Waals surface area contributed by atoms with Crippen LogP contribution in [0.2, 0.25) is 0 Å². The molecule has 2 N–H and O–H groups in total. The number of nitrogens with zero attached hydrogens (tertiary/aromatic N) is 1. The topological polar surface area (TPSA) is 74.0 Å². The zero-order valence-electron chi connectivity index (χ0n) is 11.5. The van der Waals surface area contributed by atoms with E-state index in [2.05, 4.69) is 0 Å². The van der Waals surface area contributed by atoms with Gasteiger partial charge in [-0.2, -0.15) is 0 Å². The summed E-state index contributed by atoms with van der Waals surface area (Å²) in [6, 6.07) is 0. The summed E-state index contributed by atoms with van der Waals surface area (Å²) >= 11 is 0. The fourth-order valence-corrected chi connectivity index (χ4v) is 2.00. The highest BCUT2D eigenvalue weighted by atomic mass is 16.5. The first-order valence-electron chi connectivity index (χ1n) is 6.21. The van der Waals surface area contributed by atoms with Crippen molar-refractivity contribution in [3.63, 3.8) is 0 Å². The predicted octanol–water partition coefficient (Wildman–Crippen LogP) is -0.386. The molecule has 18 heavy (non-hydrogen) atoms. The van der Waals surface area contributed by atoms with Gasteiger partial charge in [-0.05, 0) is 13.8 Å². The second kappa shape index (κ2) is 7.04. The normalized spacial score (nSPS) is 23.1. The molecule has 0 saturated carbocycles. The maximum Gasteiger partial charge on any atom is 0.248 e. The number of rotatable bonds is 6. The summed E-state index contributed by atoms with van der Waals surface area (Å²) in [4.78, 5) is 13.7. The molecule has 1 unspecified atom stereocenters. The molecule has 0 aromatic heterocycles. The predicted molar refractivity (Wildman–Crippen MR) is 67.3 cm³/mol. The van der Waals surface area contributed by atoms with Gasteiger partial charge in [-0.3, -0.25) is 4.79 Å². The van der Waals surface area contributed by atoms with Crippen molar-refractivity contribution in [2.45, 2.75) is 25.6 Å². The standard InChI is InChI=1S/C12H24N2O4/c1-12(2)9-14(7-10(6-13)18-12)11(15)8-17-5-4-16-3/h10H,4-9,13H2,1-3H3. The summed E-state index contributed by atoms with van der Waals surface area (Å²) in [7, 11) is 1.60. The summed E-state index contributed by atoms with van der Waals surface area (Å²) in [6.45, 7) is 6.43. The van der Waals surface area contributed by atoms with Crippen LogP contribution in [0, 0.1) is 0 Å². The van der Waals surface area contributed by atoms with Crippen molar-refractivity contribution in [3.05, 3.63) is 0 Å². The van der Waals surface area contributed by atoms with Gasteiger partial charge in [0.2, 0.25) is 5.91 Å². The quantitative estimate of drug-likeness (QED) is 0.659. The Balaban J connectivity index is 2.41. The molecule has 1 aliphatic heterocycles. The molecule has 6 heteroatoms. The summed E-state index contributed by atoms with van der Waals surface area (Å²) in [6.07, 6.45) is -0.100. The lowest BCUT2D eigenvalue weighted by Crippen LogP contribution is -2.57. The van der Waals surface area contributed by atoms with E-state index in [0.717, 1.165) is 0 Å². The second-order valence-corrected chi connectivity index (χ2v) is 5.05. The second-order valence-electron chi connectivity index (χ2n) is 5.05. The molecule has 0 bridgehead atoms. The van der Waals surface area contributed by atoms with E-state index in [4.69, 9.17) is 19.9 Å². The Morgan fingerprint density at radius 3 is 2.83 bits per heavy atom. The third-order valence-corrected chi connectivity index (χ3v) is 2.75. The van der Waals surface area contributed by atoms with Crippen molar-refractivity contribution in [2.24, 2.45) is 5.73 Å². The Kier molecular flexibility index (Phi) is 6.01. The number of carbonyl (C=O) groups is 1. The van der Waals surface area contributed by atoms with E-state index in [9.17, 15) is 4.79 Å². The molecule has 1 saturated heterocycles. The third kappa shape index (κ3) is 4.89. The van der Waals surface area contributed by atoms with Gasteiger partial charge in [0.05, 0.1) is 24.9 Å². The Morgan fingerprint density at radius 2 is 2.22 bits per heavy atom. The van der Waals surface area contributed by atoms with Crippen molar-refractivity contribution in [3.8, 4) is 0 Å². The van der Waals surface area contributed by atoms with Crippen molar-refractivity contribution < 1.29 is 19.0 Å². The molecule has 1 heterocycles. The summed E-state index contributed by atoms with van der Waals surface area (Å²) in [5.41, 5.74) is 5.26. The Hall–Kier alpha value is -0.690. The van der Waals surface area contributed by atoms with Crippen molar-refractivity contribution >= 4 is 5.91 Å². The average molecular weight is 260 g/mol. The molecule has 6 nitrogen and oxygen atoms in total. The van der Waals surface area contributed by atoms with E-state index in [1.54, 1.807) is 12.0 Å². The first-order chi connectivity index (χ1) is 8.48. The first kappa shape index (κ1) is 15.4. The van der Waals surface area contributed by atoms with Crippen LogP contribution < -0.4 is 5.73 Å².